The molecule has 1 aromatic carbocycles. The van der Waals surface area contributed by atoms with Crippen LogP contribution in [0.4, 0.5) is 0 Å². The first-order valence-electron chi connectivity index (χ1n) is 8.37. The number of hydrogen-bond donors (Lipinski definition) is 0. The minimum Gasteiger partial charge on any atom is -0.494 e. The maximum absolute atomic E-state index is 12.4. The minimum atomic E-state index is -0.306. The minimum absolute atomic E-state index is 0.0961. The molecule has 0 N–H and O–H groups in total. The molecule has 0 aliphatic rings. The van der Waals surface area contributed by atoms with E-state index in [4.69, 9.17) is 4.74 Å². The fourth-order valence-corrected chi connectivity index (χ4v) is 2.12. The number of unbranched alkanes of at least 4 members (excludes halogenated alkanes) is 1. The molecule has 1 rings (SSSR count). The molecule has 0 saturated heterocycles. The summed E-state index contributed by atoms with van der Waals surface area (Å²) >= 11 is 0. The fraction of sp³-hybridized carbons (Fsp3) is 0.474. The van der Waals surface area contributed by atoms with Gasteiger partial charge in [-0.25, -0.2) is 0 Å². The van der Waals surface area contributed by atoms with E-state index in [1.54, 1.807) is 17.1 Å². The predicted octanol–water partition coefficient (Wildman–Crippen LogP) is 3.29. The third-order valence-electron chi connectivity index (χ3n) is 3.52. The lowest BCUT2D eigenvalue weighted by Gasteiger charge is -2.20. The molecule has 24 heavy (non-hydrogen) atoms. The van der Waals surface area contributed by atoms with Crippen LogP contribution in [0.3, 0.4) is 0 Å². The highest BCUT2D eigenvalue weighted by molar-refractivity contribution is 5.92. The molecular formula is C19H27NO4. The number of carbonyl (C=O) groups is 2. The number of methoxy groups -OCH3 is 1. The van der Waals surface area contributed by atoms with Gasteiger partial charge in [-0.2, -0.15) is 0 Å². The third-order valence-corrected chi connectivity index (χ3v) is 3.52. The Balaban J connectivity index is 2.65. The van der Waals surface area contributed by atoms with Gasteiger partial charge in [-0.1, -0.05) is 25.5 Å². The van der Waals surface area contributed by atoms with Crippen LogP contribution in [0, 0.1) is 0 Å². The zero-order valence-electron chi connectivity index (χ0n) is 14.8. The summed E-state index contributed by atoms with van der Waals surface area (Å²) in [4.78, 5) is 25.3. The summed E-state index contributed by atoms with van der Waals surface area (Å²) in [5, 5.41) is 0. The molecule has 1 amide bonds. The lowest BCUT2D eigenvalue weighted by atomic mass is 10.2. The standard InChI is InChI=1S/C19H27NO4/c1-4-6-14-20(15-13-19(22)23-3)18(21)12-9-16-7-10-17(11-8-16)24-5-2/h7-12H,4-6,13-15H2,1-3H3/b12-9+. The molecule has 0 spiro atoms. The molecule has 0 atom stereocenters. The maximum Gasteiger partial charge on any atom is 0.307 e. The third kappa shape index (κ3) is 7.31. The van der Waals surface area contributed by atoms with Gasteiger partial charge < -0.3 is 14.4 Å². The van der Waals surface area contributed by atoms with Gasteiger partial charge in [-0.05, 0) is 37.1 Å². The maximum atomic E-state index is 12.4. The van der Waals surface area contributed by atoms with Crippen LogP contribution in [-0.4, -0.2) is 43.6 Å². The van der Waals surface area contributed by atoms with E-state index in [-0.39, 0.29) is 18.3 Å². The van der Waals surface area contributed by atoms with E-state index in [1.807, 2.05) is 31.2 Å². The van der Waals surface area contributed by atoms with E-state index in [0.717, 1.165) is 24.2 Å². The van der Waals surface area contributed by atoms with Gasteiger partial charge in [0.15, 0.2) is 0 Å². The van der Waals surface area contributed by atoms with Gasteiger partial charge >= 0.3 is 5.97 Å². The van der Waals surface area contributed by atoms with Gasteiger partial charge in [0.25, 0.3) is 0 Å². The highest BCUT2D eigenvalue weighted by atomic mass is 16.5. The first kappa shape index (κ1) is 19.7. The quantitative estimate of drug-likeness (QED) is 0.487. The molecule has 0 aliphatic carbocycles. The van der Waals surface area contributed by atoms with Crippen LogP contribution in [-0.2, 0) is 14.3 Å². The van der Waals surface area contributed by atoms with Gasteiger partial charge in [0.2, 0.25) is 5.91 Å². The summed E-state index contributed by atoms with van der Waals surface area (Å²) in [6.07, 6.45) is 5.43. The zero-order chi connectivity index (χ0) is 17.8. The summed E-state index contributed by atoms with van der Waals surface area (Å²) in [5.41, 5.74) is 0.926. The van der Waals surface area contributed by atoms with Gasteiger partial charge in [-0.15, -0.1) is 0 Å². The highest BCUT2D eigenvalue weighted by Crippen LogP contribution is 2.13. The van der Waals surface area contributed by atoms with E-state index in [1.165, 1.54) is 7.11 Å². The Bertz CT molecular complexity index is 537. The summed E-state index contributed by atoms with van der Waals surface area (Å²) < 4.78 is 10.0. The van der Waals surface area contributed by atoms with Crippen molar-refractivity contribution in [3.63, 3.8) is 0 Å². The lowest BCUT2D eigenvalue weighted by molar-refractivity contribution is -0.141. The van der Waals surface area contributed by atoms with Gasteiger partial charge in [-0.3, -0.25) is 9.59 Å². The summed E-state index contributed by atoms with van der Waals surface area (Å²) in [6.45, 7) is 5.64. The smallest absolute Gasteiger partial charge is 0.307 e. The van der Waals surface area contributed by atoms with Crippen molar-refractivity contribution in [1.82, 2.24) is 4.90 Å². The summed E-state index contributed by atoms with van der Waals surface area (Å²) in [6, 6.07) is 7.55. The number of esters is 1. The topological polar surface area (TPSA) is 55.8 Å². The van der Waals surface area contributed by atoms with Crippen LogP contribution in [0.5, 0.6) is 5.75 Å². The molecule has 0 unspecified atom stereocenters. The van der Waals surface area contributed by atoms with Crippen molar-refractivity contribution >= 4 is 18.0 Å². The average molecular weight is 333 g/mol. The molecular weight excluding hydrogens is 306 g/mol. The molecule has 0 radical (unpaired) electrons. The number of carbonyl (C=O) groups excluding carboxylic acids is 2. The zero-order valence-corrected chi connectivity index (χ0v) is 14.8. The molecule has 1 aromatic rings. The number of rotatable bonds is 10. The molecule has 0 aromatic heterocycles. The fourth-order valence-electron chi connectivity index (χ4n) is 2.12. The Morgan fingerprint density at radius 3 is 2.42 bits per heavy atom. The van der Waals surface area contributed by atoms with E-state index in [9.17, 15) is 9.59 Å². The van der Waals surface area contributed by atoms with Crippen molar-refractivity contribution in [3.05, 3.63) is 35.9 Å². The Morgan fingerprint density at radius 2 is 1.83 bits per heavy atom. The summed E-state index contributed by atoms with van der Waals surface area (Å²) in [5.74, 6) is 0.407. The summed E-state index contributed by atoms with van der Waals surface area (Å²) in [7, 11) is 1.35. The van der Waals surface area contributed by atoms with Crippen LogP contribution in [0.15, 0.2) is 30.3 Å². The Kier molecular flexibility index (Phi) is 9.27. The van der Waals surface area contributed by atoms with Crippen LogP contribution in [0.2, 0.25) is 0 Å². The highest BCUT2D eigenvalue weighted by Gasteiger charge is 2.12. The van der Waals surface area contributed by atoms with Crippen molar-refractivity contribution in [2.45, 2.75) is 33.1 Å². The van der Waals surface area contributed by atoms with Crippen LogP contribution in [0.1, 0.15) is 38.7 Å². The van der Waals surface area contributed by atoms with Gasteiger partial charge in [0.05, 0.1) is 20.1 Å². The Hall–Kier alpha value is -2.30. The molecule has 0 fully saturated rings. The van der Waals surface area contributed by atoms with Crippen molar-refractivity contribution in [2.24, 2.45) is 0 Å². The van der Waals surface area contributed by atoms with E-state index in [2.05, 4.69) is 11.7 Å². The first-order valence-corrected chi connectivity index (χ1v) is 8.37. The lowest BCUT2D eigenvalue weighted by Crippen LogP contribution is -2.32. The van der Waals surface area contributed by atoms with Gasteiger partial charge in [0, 0.05) is 19.2 Å². The molecule has 132 valence electrons. The van der Waals surface area contributed by atoms with Crippen LogP contribution in [0.25, 0.3) is 6.08 Å². The second-order valence-electron chi connectivity index (χ2n) is 5.34. The van der Waals surface area contributed by atoms with Crippen molar-refractivity contribution in [1.29, 1.82) is 0 Å². The van der Waals surface area contributed by atoms with E-state index < -0.39 is 0 Å². The second kappa shape index (κ2) is 11.3. The van der Waals surface area contributed by atoms with E-state index >= 15 is 0 Å². The molecule has 0 bridgehead atoms. The number of amides is 1. The number of hydrogen-bond acceptors (Lipinski definition) is 4. The molecule has 5 nitrogen and oxygen atoms in total. The normalized spacial score (nSPS) is 10.6. The molecule has 0 aliphatic heterocycles. The Morgan fingerprint density at radius 1 is 1.12 bits per heavy atom. The van der Waals surface area contributed by atoms with Crippen molar-refractivity contribution < 1.29 is 19.1 Å². The van der Waals surface area contributed by atoms with Crippen molar-refractivity contribution in [3.8, 4) is 5.75 Å². The van der Waals surface area contributed by atoms with Crippen molar-refractivity contribution in [2.75, 3.05) is 26.8 Å². The van der Waals surface area contributed by atoms with Gasteiger partial charge in [0.1, 0.15) is 5.75 Å². The van der Waals surface area contributed by atoms with Crippen LogP contribution >= 0.6 is 0 Å². The first-order chi connectivity index (χ1) is 11.6. The molecule has 5 heteroatoms. The SMILES string of the molecule is CCCCN(CCC(=O)OC)C(=O)/C=C/c1ccc(OCC)cc1. The number of benzene rings is 1. The largest absolute Gasteiger partial charge is 0.494 e. The van der Waals surface area contributed by atoms with E-state index in [0.29, 0.717) is 19.7 Å². The average Bonchev–Trinajstić information content (AvgIpc) is 2.61. The number of nitrogens with zero attached hydrogens (tertiary/aromatic N) is 1. The molecule has 0 saturated carbocycles. The second-order valence-corrected chi connectivity index (χ2v) is 5.34. The van der Waals surface area contributed by atoms with Crippen LogP contribution < -0.4 is 4.74 Å². The predicted molar refractivity (Wildman–Crippen MR) is 94.8 cm³/mol. The number of ether oxygens (including phenoxy) is 2. The molecule has 0 heterocycles. The monoisotopic (exact) mass is 333 g/mol. The Labute approximate surface area is 144 Å².